The van der Waals surface area contributed by atoms with Crippen molar-refractivity contribution in [2.75, 3.05) is 5.43 Å². The minimum absolute atomic E-state index is 0.286. The molecule has 3 nitrogen and oxygen atoms in total. The normalized spacial score (nSPS) is 10.5. The van der Waals surface area contributed by atoms with Gasteiger partial charge in [-0.05, 0) is 40.8 Å². The average molecular weight is 303 g/mol. The van der Waals surface area contributed by atoms with Gasteiger partial charge in [0.1, 0.15) is 5.82 Å². The molecule has 0 bridgehead atoms. The first kappa shape index (κ1) is 9.60. The fourth-order valence-electron chi connectivity index (χ4n) is 1.30. The molecule has 0 radical (unpaired) electrons. The Balaban J connectivity index is 2.86. The van der Waals surface area contributed by atoms with Gasteiger partial charge in [0.2, 0.25) is 0 Å². The monoisotopic (exact) mass is 303 g/mol. The third-order valence-electron chi connectivity index (χ3n) is 1.92. The first-order valence-corrected chi connectivity index (χ1v) is 5.00. The molecule has 0 amide bonds. The summed E-state index contributed by atoms with van der Waals surface area (Å²) in [6, 6.07) is 4.56. The molecule has 1 aromatic heterocycles. The summed E-state index contributed by atoms with van der Waals surface area (Å²) in [6.45, 7) is 0. The van der Waals surface area contributed by atoms with Crippen LogP contribution in [-0.4, -0.2) is 4.98 Å². The zero-order valence-corrected chi connectivity index (χ0v) is 9.25. The molecule has 1 heterocycles. The van der Waals surface area contributed by atoms with E-state index < -0.39 is 0 Å². The Hall–Kier alpha value is -0.950. The van der Waals surface area contributed by atoms with Crippen molar-refractivity contribution in [2.45, 2.75) is 0 Å². The van der Waals surface area contributed by atoms with Gasteiger partial charge in [-0.3, -0.25) is 10.8 Å². The Bertz CT molecular complexity index is 487. The molecule has 72 valence electrons. The van der Waals surface area contributed by atoms with E-state index in [0.717, 1.165) is 9.09 Å². The predicted octanol–water partition coefficient (Wildman–Crippen LogP) is 2.26. The third-order valence-corrected chi connectivity index (χ3v) is 2.74. The average Bonchev–Trinajstić information content (AvgIpc) is 2.17. The second kappa shape index (κ2) is 3.66. The number of nitrogen functional groups attached to an aromatic ring is 1. The smallest absolute Gasteiger partial charge is 0.125 e. The Labute approximate surface area is 93.6 Å². The Kier molecular flexibility index (Phi) is 2.51. The van der Waals surface area contributed by atoms with E-state index in [9.17, 15) is 4.39 Å². The number of nitrogens with zero attached hydrogens (tertiary/aromatic N) is 1. The highest BCUT2D eigenvalue weighted by Crippen LogP contribution is 2.25. The number of nitrogens with one attached hydrogen (secondary N) is 1. The summed E-state index contributed by atoms with van der Waals surface area (Å²) in [5.41, 5.74) is 3.94. The van der Waals surface area contributed by atoms with Crippen molar-refractivity contribution in [3.8, 4) is 0 Å². The molecule has 0 spiro atoms. The van der Waals surface area contributed by atoms with Crippen LogP contribution in [0.2, 0.25) is 0 Å². The van der Waals surface area contributed by atoms with Gasteiger partial charge in [0.15, 0.2) is 0 Å². The maximum Gasteiger partial charge on any atom is 0.125 e. The van der Waals surface area contributed by atoms with E-state index in [0.29, 0.717) is 11.1 Å². The van der Waals surface area contributed by atoms with Crippen molar-refractivity contribution >= 4 is 39.2 Å². The van der Waals surface area contributed by atoms with Crippen LogP contribution in [0.5, 0.6) is 0 Å². The quantitative estimate of drug-likeness (QED) is 0.483. The lowest BCUT2D eigenvalue weighted by molar-refractivity contribution is 0.629. The van der Waals surface area contributed by atoms with Crippen LogP contribution < -0.4 is 11.3 Å². The van der Waals surface area contributed by atoms with Gasteiger partial charge in [0.05, 0.1) is 11.2 Å². The van der Waals surface area contributed by atoms with Crippen LogP contribution in [0.4, 0.5) is 10.1 Å². The minimum atomic E-state index is -0.286. The number of pyridine rings is 1. The summed E-state index contributed by atoms with van der Waals surface area (Å²) < 4.78 is 13.9. The molecule has 0 unspecified atom stereocenters. The molecule has 5 heteroatoms. The number of rotatable bonds is 1. The van der Waals surface area contributed by atoms with E-state index in [1.165, 1.54) is 12.1 Å². The van der Waals surface area contributed by atoms with Gasteiger partial charge in [-0.25, -0.2) is 4.39 Å². The number of halogens is 2. The van der Waals surface area contributed by atoms with Crippen LogP contribution in [0.3, 0.4) is 0 Å². The molecule has 0 saturated carbocycles. The summed E-state index contributed by atoms with van der Waals surface area (Å²) in [7, 11) is 0. The molecular weight excluding hydrogens is 296 g/mol. The summed E-state index contributed by atoms with van der Waals surface area (Å²) in [6.07, 6.45) is 1.64. The fraction of sp³-hybridized carbons (Fsp3) is 0. The number of hydrazine groups is 1. The molecule has 14 heavy (non-hydrogen) atoms. The van der Waals surface area contributed by atoms with Crippen molar-refractivity contribution < 1.29 is 4.39 Å². The predicted molar refractivity (Wildman–Crippen MR) is 62.2 cm³/mol. The second-order valence-corrected chi connectivity index (χ2v) is 3.95. The molecule has 0 aliphatic rings. The SMILES string of the molecule is NNc1ccnc2c(I)cc(F)cc12. The third kappa shape index (κ3) is 1.53. The Morgan fingerprint density at radius 1 is 1.43 bits per heavy atom. The molecule has 0 aliphatic carbocycles. The van der Waals surface area contributed by atoms with Crippen LogP contribution >= 0.6 is 22.6 Å². The van der Waals surface area contributed by atoms with Gasteiger partial charge in [0, 0.05) is 15.2 Å². The summed E-state index contributed by atoms with van der Waals surface area (Å²) in [5.74, 6) is 5.03. The fourth-order valence-corrected chi connectivity index (χ4v) is 2.03. The molecule has 0 aliphatic heterocycles. The van der Waals surface area contributed by atoms with E-state index in [1.807, 2.05) is 22.6 Å². The maximum absolute atomic E-state index is 13.1. The van der Waals surface area contributed by atoms with Crippen molar-refractivity contribution in [3.05, 3.63) is 33.8 Å². The van der Waals surface area contributed by atoms with E-state index in [-0.39, 0.29) is 5.82 Å². The van der Waals surface area contributed by atoms with Gasteiger partial charge in [0.25, 0.3) is 0 Å². The van der Waals surface area contributed by atoms with Crippen molar-refractivity contribution in [3.63, 3.8) is 0 Å². The number of nitrogens with two attached hydrogens (primary N) is 1. The lowest BCUT2D eigenvalue weighted by atomic mass is 10.2. The van der Waals surface area contributed by atoms with Crippen molar-refractivity contribution in [1.82, 2.24) is 4.98 Å². The van der Waals surface area contributed by atoms with Gasteiger partial charge in [-0.1, -0.05) is 0 Å². The summed E-state index contributed by atoms with van der Waals surface area (Å²) in [5, 5.41) is 0.694. The minimum Gasteiger partial charge on any atom is -0.323 e. The van der Waals surface area contributed by atoms with E-state index in [1.54, 1.807) is 12.3 Å². The highest BCUT2D eigenvalue weighted by molar-refractivity contribution is 14.1. The zero-order valence-electron chi connectivity index (χ0n) is 7.09. The number of aromatic nitrogens is 1. The van der Waals surface area contributed by atoms with Gasteiger partial charge in [-0.15, -0.1) is 0 Å². The maximum atomic E-state index is 13.1. The van der Waals surface area contributed by atoms with E-state index in [2.05, 4.69) is 10.4 Å². The first-order chi connectivity index (χ1) is 6.72. The van der Waals surface area contributed by atoms with Crippen LogP contribution in [0, 0.1) is 9.39 Å². The summed E-state index contributed by atoms with van der Waals surface area (Å²) >= 11 is 2.05. The van der Waals surface area contributed by atoms with Crippen molar-refractivity contribution in [1.29, 1.82) is 0 Å². The van der Waals surface area contributed by atoms with Crippen LogP contribution in [0.15, 0.2) is 24.4 Å². The van der Waals surface area contributed by atoms with Crippen LogP contribution in [0.25, 0.3) is 10.9 Å². The van der Waals surface area contributed by atoms with Gasteiger partial charge in [-0.2, -0.15) is 0 Å². The van der Waals surface area contributed by atoms with Gasteiger partial charge < -0.3 is 5.43 Å². The largest absolute Gasteiger partial charge is 0.323 e. The summed E-state index contributed by atoms with van der Waals surface area (Å²) in [4.78, 5) is 4.16. The Morgan fingerprint density at radius 3 is 2.93 bits per heavy atom. The van der Waals surface area contributed by atoms with Crippen molar-refractivity contribution in [2.24, 2.45) is 5.84 Å². The molecule has 2 aromatic rings. The molecule has 0 atom stereocenters. The zero-order chi connectivity index (χ0) is 10.1. The van der Waals surface area contributed by atoms with Gasteiger partial charge >= 0.3 is 0 Å². The molecule has 1 aromatic carbocycles. The van der Waals surface area contributed by atoms with E-state index in [4.69, 9.17) is 5.84 Å². The van der Waals surface area contributed by atoms with Crippen LogP contribution in [-0.2, 0) is 0 Å². The standard InChI is InChI=1S/C9H7FIN3/c10-5-3-6-8(14-12)1-2-13-9(6)7(11)4-5/h1-4H,12H2,(H,13,14). The lowest BCUT2D eigenvalue weighted by Gasteiger charge is -2.05. The number of hydrogen-bond acceptors (Lipinski definition) is 3. The molecule has 2 rings (SSSR count). The number of anilines is 1. The highest BCUT2D eigenvalue weighted by atomic mass is 127. The molecule has 0 saturated heterocycles. The first-order valence-electron chi connectivity index (χ1n) is 3.93. The number of hydrogen-bond donors (Lipinski definition) is 2. The topological polar surface area (TPSA) is 50.9 Å². The molecular formula is C9H7FIN3. The lowest BCUT2D eigenvalue weighted by Crippen LogP contribution is -2.07. The second-order valence-electron chi connectivity index (χ2n) is 2.79. The highest BCUT2D eigenvalue weighted by Gasteiger charge is 2.06. The van der Waals surface area contributed by atoms with Crippen LogP contribution in [0.1, 0.15) is 0 Å². The number of fused-ring (bicyclic) bond motifs is 1. The molecule has 0 fully saturated rings. The molecule has 3 N–H and O–H groups in total. The Morgan fingerprint density at radius 2 is 2.21 bits per heavy atom. The van der Waals surface area contributed by atoms with E-state index >= 15 is 0 Å². The number of benzene rings is 1.